The van der Waals surface area contributed by atoms with Crippen molar-refractivity contribution >= 4 is 11.3 Å². The number of methoxy groups -OCH3 is 2. The van der Waals surface area contributed by atoms with Crippen LogP contribution in [0.15, 0.2) is 30.3 Å². The second kappa shape index (κ2) is 6.08. The highest BCUT2D eigenvalue weighted by molar-refractivity contribution is 7.12. The molecule has 0 saturated heterocycles. The van der Waals surface area contributed by atoms with Crippen LogP contribution in [0.3, 0.4) is 0 Å². The maximum Gasteiger partial charge on any atom is 0.128 e. The molecule has 0 aliphatic carbocycles. The summed E-state index contributed by atoms with van der Waals surface area (Å²) in [6, 6.07) is 9.54. The number of aliphatic hydroxyl groups excluding tert-OH is 1. The van der Waals surface area contributed by atoms with E-state index in [1.165, 1.54) is 4.88 Å². The van der Waals surface area contributed by atoms with Crippen LogP contribution in [-0.4, -0.2) is 19.3 Å². The predicted octanol–water partition coefficient (Wildman–Crippen LogP) is 4.14. The van der Waals surface area contributed by atoms with Crippen molar-refractivity contribution in [1.29, 1.82) is 0 Å². The molecule has 2 aromatic rings. The lowest BCUT2D eigenvalue weighted by molar-refractivity contribution is 0.218. The number of rotatable bonds is 4. The third kappa shape index (κ3) is 3.39. The summed E-state index contributed by atoms with van der Waals surface area (Å²) in [5.41, 5.74) is 0.840. The quantitative estimate of drug-likeness (QED) is 0.922. The average Bonchev–Trinajstić information content (AvgIpc) is 2.95. The monoisotopic (exact) mass is 306 g/mol. The standard InChI is InChI=1S/C17H22O3S/c1-17(2,3)15-9-8-14(21-15)16(18)12-7-6-11(19-4)10-13(12)20-5/h6-10,16,18H,1-5H3. The zero-order chi connectivity index (χ0) is 15.6. The second-order valence-corrected chi connectivity index (χ2v) is 7.08. The van der Waals surface area contributed by atoms with Crippen LogP contribution in [0.1, 0.15) is 42.2 Å². The minimum atomic E-state index is -0.688. The van der Waals surface area contributed by atoms with Gasteiger partial charge in [-0.1, -0.05) is 20.8 Å². The smallest absolute Gasteiger partial charge is 0.128 e. The van der Waals surface area contributed by atoms with Crippen molar-refractivity contribution in [3.63, 3.8) is 0 Å². The Labute approximate surface area is 130 Å². The first-order valence-corrected chi connectivity index (χ1v) is 7.68. The van der Waals surface area contributed by atoms with Gasteiger partial charge >= 0.3 is 0 Å². The molecular weight excluding hydrogens is 284 g/mol. The minimum absolute atomic E-state index is 0.0899. The Morgan fingerprint density at radius 1 is 1.05 bits per heavy atom. The molecule has 1 atom stereocenters. The van der Waals surface area contributed by atoms with Crippen LogP contribution in [0.2, 0.25) is 0 Å². The molecule has 0 radical (unpaired) electrons. The second-order valence-electron chi connectivity index (χ2n) is 5.96. The highest BCUT2D eigenvalue weighted by Crippen LogP contribution is 2.38. The molecule has 0 aliphatic heterocycles. The molecule has 0 spiro atoms. The molecule has 0 aliphatic rings. The first-order valence-electron chi connectivity index (χ1n) is 6.87. The van der Waals surface area contributed by atoms with Gasteiger partial charge in [-0.05, 0) is 29.7 Å². The van der Waals surface area contributed by atoms with Crippen LogP contribution >= 0.6 is 11.3 Å². The van der Waals surface area contributed by atoms with Gasteiger partial charge in [0.2, 0.25) is 0 Å². The number of hydrogen-bond acceptors (Lipinski definition) is 4. The Bertz CT molecular complexity index is 611. The molecule has 1 unspecified atom stereocenters. The van der Waals surface area contributed by atoms with E-state index in [1.54, 1.807) is 31.6 Å². The maximum absolute atomic E-state index is 10.6. The molecule has 114 valence electrons. The van der Waals surface area contributed by atoms with Gasteiger partial charge in [-0.2, -0.15) is 0 Å². The van der Waals surface area contributed by atoms with E-state index in [9.17, 15) is 5.11 Å². The van der Waals surface area contributed by atoms with Gasteiger partial charge in [0.1, 0.15) is 17.6 Å². The summed E-state index contributed by atoms with van der Waals surface area (Å²) >= 11 is 1.64. The fourth-order valence-corrected chi connectivity index (χ4v) is 3.17. The van der Waals surface area contributed by atoms with Crippen LogP contribution in [0.5, 0.6) is 11.5 Å². The SMILES string of the molecule is COc1ccc(C(O)c2ccc(C(C)(C)C)s2)c(OC)c1. The topological polar surface area (TPSA) is 38.7 Å². The Morgan fingerprint density at radius 2 is 1.76 bits per heavy atom. The molecule has 1 aromatic carbocycles. The van der Waals surface area contributed by atoms with Crippen LogP contribution in [0, 0.1) is 0 Å². The lowest BCUT2D eigenvalue weighted by Gasteiger charge is -2.17. The molecule has 0 bridgehead atoms. The van der Waals surface area contributed by atoms with Crippen LogP contribution in [-0.2, 0) is 5.41 Å². The summed E-state index contributed by atoms with van der Waals surface area (Å²) in [6.45, 7) is 6.51. The number of hydrogen-bond donors (Lipinski definition) is 1. The minimum Gasteiger partial charge on any atom is -0.497 e. The number of benzene rings is 1. The summed E-state index contributed by atoms with van der Waals surface area (Å²) in [5.74, 6) is 1.34. The summed E-state index contributed by atoms with van der Waals surface area (Å²) in [7, 11) is 3.21. The fraction of sp³-hybridized carbons (Fsp3) is 0.412. The molecule has 3 nitrogen and oxygen atoms in total. The van der Waals surface area contributed by atoms with Gasteiger partial charge in [0.25, 0.3) is 0 Å². The summed E-state index contributed by atoms with van der Waals surface area (Å²) in [5, 5.41) is 10.6. The van der Waals surface area contributed by atoms with E-state index in [-0.39, 0.29) is 5.41 Å². The maximum atomic E-state index is 10.6. The van der Waals surface area contributed by atoms with Crippen molar-refractivity contribution < 1.29 is 14.6 Å². The fourth-order valence-electron chi connectivity index (χ4n) is 2.10. The lowest BCUT2D eigenvalue weighted by Crippen LogP contribution is -2.08. The molecule has 1 N–H and O–H groups in total. The van der Waals surface area contributed by atoms with E-state index in [1.807, 2.05) is 18.2 Å². The van der Waals surface area contributed by atoms with Crippen molar-refractivity contribution in [3.8, 4) is 11.5 Å². The summed E-state index contributed by atoms with van der Waals surface area (Å²) in [4.78, 5) is 2.17. The Balaban J connectivity index is 2.35. The van der Waals surface area contributed by atoms with Crippen LogP contribution in [0.4, 0.5) is 0 Å². The van der Waals surface area contributed by atoms with Gasteiger partial charge in [-0.15, -0.1) is 11.3 Å². The third-order valence-corrected chi connectivity index (χ3v) is 4.93. The highest BCUT2D eigenvalue weighted by atomic mass is 32.1. The molecule has 0 fully saturated rings. The summed E-state index contributed by atoms with van der Waals surface area (Å²) < 4.78 is 10.6. The first kappa shape index (κ1) is 15.9. The van der Waals surface area contributed by atoms with Gasteiger partial charge in [0.05, 0.1) is 14.2 Å². The van der Waals surface area contributed by atoms with Gasteiger partial charge in [-0.25, -0.2) is 0 Å². The van der Waals surface area contributed by atoms with Crippen molar-refractivity contribution in [2.45, 2.75) is 32.3 Å². The van der Waals surface area contributed by atoms with Crippen LogP contribution in [0.25, 0.3) is 0 Å². The zero-order valence-electron chi connectivity index (χ0n) is 13.1. The number of ether oxygens (including phenoxy) is 2. The Hall–Kier alpha value is -1.52. The predicted molar refractivity (Wildman–Crippen MR) is 86.6 cm³/mol. The largest absolute Gasteiger partial charge is 0.497 e. The van der Waals surface area contributed by atoms with Crippen LogP contribution < -0.4 is 9.47 Å². The van der Waals surface area contributed by atoms with E-state index >= 15 is 0 Å². The summed E-state index contributed by atoms with van der Waals surface area (Å²) in [6.07, 6.45) is -0.688. The Kier molecular flexibility index (Phi) is 4.59. The molecule has 1 aromatic heterocycles. The molecule has 0 amide bonds. The van der Waals surface area contributed by atoms with Crippen molar-refractivity contribution in [3.05, 3.63) is 45.6 Å². The molecule has 1 heterocycles. The normalized spacial score (nSPS) is 13.0. The highest BCUT2D eigenvalue weighted by Gasteiger charge is 2.21. The lowest BCUT2D eigenvalue weighted by atomic mass is 9.95. The van der Waals surface area contributed by atoms with Gasteiger partial charge in [0.15, 0.2) is 0 Å². The van der Waals surface area contributed by atoms with Gasteiger partial charge in [0, 0.05) is 21.4 Å². The Morgan fingerprint density at radius 3 is 2.29 bits per heavy atom. The molecule has 4 heteroatoms. The molecular formula is C17H22O3S. The molecule has 2 rings (SSSR count). The van der Waals surface area contributed by atoms with E-state index < -0.39 is 6.10 Å². The molecule has 0 saturated carbocycles. The van der Waals surface area contributed by atoms with E-state index in [0.717, 1.165) is 10.4 Å². The number of thiophene rings is 1. The van der Waals surface area contributed by atoms with Gasteiger partial charge in [-0.3, -0.25) is 0 Å². The number of aliphatic hydroxyl groups is 1. The van der Waals surface area contributed by atoms with Crippen molar-refractivity contribution in [2.75, 3.05) is 14.2 Å². The average molecular weight is 306 g/mol. The van der Waals surface area contributed by atoms with Crippen molar-refractivity contribution in [1.82, 2.24) is 0 Å². The van der Waals surface area contributed by atoms with E-state index in [0.29, 0.717) is 11.5 Å². The zero-order valence-corrected chi connectivity index (χ0v) is 14.0. The third-order valence-electron chi connectivity index (χ3n) is 3.37. The molecule has 21 heavy (non-hydrogen) atoms. The van der Waals surface area contributed by atoms with Gasteiger partial charge < -0.3 is 14.6 Å². The van der Waals surface area contributed by atoms with Crippen molar-refractivity contribution in [2.24, 2.45) is 0 Å². The first-order chi connectivity index (χ1) is 9.86. The van der Waals surface area contributed by atoms with E-state index in [2.05, 4.69) is 26.8 Å². The van der Waals surface area contributed by atoms with E-state index in [4.69, 9.17) is 9.47 Å².